The van der Waals surface area contributed by atoms with E-state index in [1.807, 2.05) is 29.2 Å². The van der Waals surface area contributed by atoms with Crippen molar-refractivity contribution in [2.24, 2.45) is 5.92 Å². The molecule has 9 nitrogen and oxygen atoms in total. The van der Waals surface area contributed by atoms with Crippen molar-refractivity contribution in [2.75, 3.05) is 38.2 Å². The summed E-state index contributed by atoms with van der Waals surface area (Å²) in [7, 11) is 0. The molecule has 3 amide bonds. The van der Waals surface area contributed by atoms with Crippen molar-refractivity contribution < 1.29 is 28.6 Å². The first-order valence-electron chi connectivity index (χ1n) is 15.6. The summed E-state index contributed by atoms with van der Waals surface area (Å²) in [5.41, 5.74) is 2.51. The maximum atomic E-state index is 13.6. The SMILES string of the molecule is CC(=O)Nc1ccc(OCC(O)CN2CCC(N(Cc3ccc(F)cc3)C(=O)NCc3ccc(OCC(C)C)cc3)CC2)cc1. The van der Waals surface area contributed by atoms with Crippen LogP contribution in [0.4, 0.5) is 14.9 Å². The van der Waals surface area contributed by atoms with Gasteiger partial charge >= 0.3 is 6.03 Å². The highest BCUT2D eigenvalue weighted by Gasteiger charge is 2.29. The largest absolute Gasteiger partial charge is 0.493 e. The molecular weight excluding hydrogens is 575 g/mol. The number of amides is 3. The fraction of sp³-hybridized carbons (Fsp3) is 0.429. The zero-order valence-electron chi connectivity index (χ0n) is 26.4. The first-order chi connectivity index (χ1) is 21.6. The average Bonchev–Trinajstić information content (AvgIpc) is 3.03. The van der Waals surface area contributed by atoms with Gasteiger partial charge < -0.3 is 35.0 Å². The van der Waals surface area contributed by atoms with Crippen LogP contribution in [0.5, 0.6) is 11.5 Å². The van der Waals surface area contributed by atoms with Gasteiger partial charge in [0.25, 0.3) is 0 Å². The molecule has 10 heteroatoms. The van der Waals surface area contributed by atoms with Crippen LogP contribution in [0.3, 0.4) is 0 Å². The quantitative estimate of drug-likeness (QED) is 0.222. The minimum absolute atomic E-state index is 0.00590. The zero-order chi connectivity index (χ0) is 32.2. The summed E-state index contributed by atoms with van der Waals surface area (Å²) in [5, 5.41) is 16.4. The number of β-amino-alcohol motifs (C(OH)–C–C–N with tert-alkyl or cyclic N) is 1. The van der Waals surface area contributed by atoms with Gasteiger partial charge in [-0.3, -0.25) is 4.79 Å². The van der Waals surface area contributed by atoms with Crippen molar-refractivity contribution in [1.29, 1.82) is 0 Å². The molecular formula is C35H45FN4O5. The monoisotopic (exact) mass is 620 g/mol. The first-order valence-corrected chi connectivity index (χ1v) is 15.6. The van der Waals surface area contributed by atoms with E-state index in [0.717, 1.165) is 42.8 Å². The summed E-state index contributed by atoms with van der Waals surface area (Å²) in [5.74, 6) is 1.40. The number of aliphatic hydroxyl groups is 1. The summed E-state index contributed by atoms with van der Waals surface area (Å²) < 4.78 is 25.1. The van der Waals surface area contributed by atoms with Gasteiger partial charge in [-0.25, -0.2) is 9.18 Å². The maximum Gasteiger partial charge on any atom is 0.318 e. The third-order valence-electron chi connectivity index (χ3n) is 7.56. The second kappa shape index (κ2) is 16.8. The van der Waals surface area contributed by atoms with Crippen LogP contribution >= 0.6 is 0 Å². The molecule has 1 atom stereocenters. The average molecular weight is 621 g/mol. The number of likely N-dealkylation sites (tertiary alicyclic amines) is 1. The number of hydrogen-bond acceptors (Lipinski definition) is 6. The summed E-state index contributed by atoms with van der Waals surface area (Å²) in [6.07, 6.45) is 0.806. The molecule has 1 unspecified atom stereocenters. The van der Waals surface area contributed by atoms with Gasteiger partial charge in [-0.05, 0) is 78.4 Å². The number of hydrogen-bond donors (Lipinski definition) is 3. The zero-order valence-corrected chi connectivity index (χ0v) is 26.4. The van der Waals surface area contributed by atoms with Gasteiger partial charge in [0.05, 0.1) is 6.61 Å². The Kier molecular flexibility index (Phi) is 12.6. The molecule has 3 aromatic rings. The third-order valence-corrected chi connectivity index (χ3v) is 7.56. The predicted octanol–water partition coefficient (Wildman–Crippen LogP) is 5.44. The standard InChI is InChI=1S/C35H45FN4O5/c1-25(2)23-44-33-12-6-27(7-13-33)20-37-35(43)40(21-28-4-8-29(36)9-5-28)31-16-18-39(19-17-31)22-32(42)24-45-34-14-10-30(11-15-34)38-26(3)41/h4-15,25,31-32,42H,16-24H2,1-3H3,(H,37,43)(H,38,41). The van der Waals surface area contributed by atoms with Crippen LogP contribution in [0.1, 0.15) is 44.7 Å². The molecule has 1 fully saturated rings. The first kappa shape index (κ1) is 33.7. The Labute approximate surface area is 265 Å². The second-order valence-electron chi connectivity index (χ2n) is 12.0. The smallest absolute Gasteiger partial charge is 0.318 e. The highest BCUT2D eigenvalue weighted by atomic mass is 19.1. The molecule has 0 saturated carbocycles. The normalized spacial score (nSPS) is 14.5. The number of carbonyl (C=O) groups excluding carboxylic acids is 2. The Bertz CT molecular complexity index is 1340. The van der Waals surface area contributed by atoms with Crippen LogP contribution in [0.15, 0.2) is 72.8 Å². The molecule has 1 aliphatic heterocycles. The minimum atomic E-state index is -0.683. The number of piperidine rings is 1. The summed E-state index contributed by atoms with van der Waals surface area (Å²) in [4.78, 5) is 28.7. The molecule has 242 valence electrons. The highest BCUT2D eigenvalue weighted by Crippen LogP contribution is 2.21. The van der Waals surface area contributed by atoms with Gasteiger partial charge in [-0.15, -0.1) is 0 Å². The van der Waals surface area contributed by atoms with E-state index in [9.17, 15) is 19.1 Å². The van der Waals surface area contributed by atoms with E-state index in [4.69, 9.17) is 9.47 Å². The van der Waals surface area contributed by atoms with E-state index in [-0.39, 0.29) is 30.4 Å². The highest BCUT2D eigenvalue weighted by molar-refractivity contribution is 5.88. The van der Waals surface area contributed by atoms with Crippen molar-refractivity contribution in [3.63, 3.8) is 0 Å². The number of anilines is 1. The van der Waals surface area contributed by atoms with Crippen molar-refractivity contribution in [2.45, 2.75) is 58.8 Å². The van der Waals surface area contributed by atoms with E-state index < -0.39 is 6.10 Å². The molecule has 1 heterocycles. The predicted molar refractivity (Wildman–Crippen MR) is 173 cm³/mol. The van der Waals surface area contributed by atoms with Gasteiger partial charge in [-0.1, -0.05) is 38.1 Å². The lowest BCUT2D eigenvalue weighted by atomic mass is 10.0. The Morgan fingerprint density at radius 1 is 0.911 bits per heavy atom. The summed E-state index contributed by atoms with van der Waals surface area (Å²) in [6.45, 7) is 9.09. The fourth-order valence-corrected chi connectivity index (χ4v) is 5.19. The number of carbonyl (C=O) groups is 2. The van der Waals surface area contributed by atoms with E-state index in [1.165, 1.54) is 19.1 Å². The summed E-state index contributed by atoms with van der Waals surface area (Å²) >= 11 is 0. The topological polar surface area (TPSA) is 103 Å². The minimum Gasteiger partial charge on any atom is -0.493 e. The molecule has 0 spiro atoms. The van der Waals surface area contributed by atoms with Crippen molar-refractivity contribution in [3.8, 4) is 11.5 Å². The Morgan fingerprint density at radius 3 is 2.09 bits per heavy atom. The third kappa shape index (κ3) is 11.4. The van der Waals surface area contributed by atoms with Crippen molar-refractivity contribution in [3.05, 3.63) is 89.7 Å². The molecule has 3 N–H and O–H groups in total. The van der Waals surface area contributed by atoms with Crippen LogP contribution in [0.2, 0.25) is 0 Å². The second-order valence-corrected chi connectivity index (χ2v) is 12.0. The number of urea groups is 1. The van der Waals surface area contributed by atoms with E-state index >= 15 is 0 Å². The van der Waals surface area contributed by atoms with Gasteiger partial charge in [-0.2, -0.15) is 0 Å². The fourth-order valence-electron chi connectivity index (χ4n) is 5.19. The molecule has 1 aliphatic rings. The van der Waals surface area contributed by atoms with Crippen LogP contribution < -0.4 is 20.1 Å². The Balaban J connectivity index is 1.28. The number of nitrogens with one attached hydrogen (secondary N) is 2. The van der Waals surface area contributed by atoms with E-state index in [2.05, 4.69) is 29.4 Å². The molecule has 0 bridgehead atoms. The Hall–Kier alpha value is -4.15. The molecule has 0 aliphatic carbocycles. The number of benzene rings is 3. The van der Waals surface area contributed by atoms with E-state index in [0.29, 0.717) is 43.6 Å². The number of ether oxygens (including phenoxy) is 2. The van der Waals surface area contributed by atoms with Crippen LogP contribution in [-0.2, 0) is 17.9 Å². The lowest BCUT2D eigenvalue weighted by Crippen LogP contribution is -2.51. The molecule has 4 rings (SSSR count). The van der Waals surface area contributed by atoms with Crippen LogP contribution in [0.25, 0.3) is 0 Å². The maximum absolute atomic E-state index is 13.6. The van der Waals surface area contributed by atoms with Crippen molar-refractivity contribution in [1.82, 2.24) is 15.1 Å². The number of nitrogens with zero attached hydrogens (tertiary/aromatic N) is 2. The molecule has 0 radical (unpaired) electrons. The lowest BCUT2D eigenvalue weighted by Gasteiger charge is -2.39. The van der Waals surface area contributed by atoms with Crippen LogP contribution in [-0.4, -0.2) is 71.8 Å². The molecule has 1 saturated heterocycles. The Morgan fingerprint density at radius 2 is 1.49 bits per heavy atom. The van der Waals surface area contributed by atoms with E-state index in [1.54, 1.807) is 36.4 Å². The molecule has 0 aromatic heterocycles. The lowest BCUT2D eigenvalue weighted by molar-refractivity contribution is -0.114. The van der Waals surface area contributed by atoms with Gasteiger partial charge in [0, 0.05) is 51.4 Å². The molecule has 3 aromatic carbocycles. The van der Waals surface area contributed by atoms with Gasteiger partial charge in [0.15, 0.2) is 0 Å². The van der Waals surface area contributed by atoms with Gasteiger partial charge in [0.2, 0.25) is 5.91 Å². The summed E-state index contributed by atoms with van der Waals surface area (Å²) in [6, 6.07) is 20.8. The van der Waals surface area contributed by atoms with Gasteiger partial charge in [0.1, 0.15) is 30.0 Å². The number of halogens is 1. The number of aliphatic hydroxyl groups excluding tert-OH is 1. The molecule has 45 heavy (non-hydrogen) atoms. The van der Waals surface area contributed by atoms with Crippen LogP contribution in [0, 0.1) is 11.7 Å². The number of rotatable bonds is 14. The van der Waals surface area contributed by atoms with Crippen molar-refractivity contribution >= 4 is 17.6 Å².